The third-order valence-corrected chi connectivity index (χ3v) is 7.21. The van der Waals surface area contributed by atoms with E-state index in [1.54, 1.807) is 6.20 Å². The zero-order valence-electron chi connectivity index (χ0n) is 16.3. The molecule has 5 nitrogen and oxygen atoms in total. The van der Waals surface area contributed by atoms with Gasteiger partial charge in [0.15, 0.2) is 0 Å². The number of rotatable bonds is 3. The topological polar surface area (TPSA) is 51.0 Å². The largest absolute Gasteiger partial charge is 0.323 e. The fourth-order valence-corrected chi connectivity index (χ4v) is 5.54. The van der Waals surface area contributed by atoms with Gasteiger partial charge in [-0.2, -0.15) is 0 Å². The maximum atomic E-state index is 13.3. The van der Waals surface area contributed by atoms with Gasteiger partial charge < -0.3 is 9.47 Å². The van der Waals surface area contributed by atoms with Gasteiger partial charge in [-0.05, 0) is 55.5 Å². The van der Waals surface area contributed by atoms with Crippen molar-refractivity contribution in [3.63, 3.8) is 0 Å². The molecule has 29 heavy (non-hydrogen) atoms. The maximum Gasteiger partial charge on any atom is 0.238 e. The first-order valence-electron chi connectivity index (χ1n) is 10.6. The normalized spacial score (nSPS) is 20.6. The van der Waals surface area contributed by atoms with E-state index in [1.165, 1.54) is 19.3 Å². The molecule has 0 atom stereocenters. The number of anilines is 1. The van der Waals surface area contributed by atoms with Crippen LogP contribution in [0.4, 0.5) is 5.69 Å². The van der Waals surface area contributed by atoms with Crippen LogP contribution in [0.15, 0.2) is 36.7 Å². The average molecular weight is 407 g/mol. The molecule has 1 aliphatic heterocycles. The van der Waals surface area contributed by atoms with E-state index >= 15 is 0 Å². The van der Waals surface area contributed by atoms with E-state index in [0.717, 1.165) is 53.8 Å². The molecule has 0 bridgehead atoms. The highest BCUT2D eigenvalue weighted by molar-refractivity contribution is 6.31. The van der Waals surface area contributed by atoms with Gasteiger partial charge in [-0.25, -0.2) is 4.98 Å². The number of carbonyl (C=O) groups is 1. The Labute approximate surface area is 174 Å². The number of benzene rings is 1. The van der Waals surface area contributed by atoms with Gasteiger partial charge in [0.25, 0.3) is 0 Å². The zero-order valence-corrected chi connectivity index (χ0v) is 17.0. The molecule has 2 aliphatic carbocycles. The lowest BCUT2D eigenvalue weighted by atomic mass is 9.95. The summed E-state index contributed by atoms with van der Waals surface area (Å²) in [4.78, 5) is 24.5. The molecule has 2 saturated carbocycles. The Kier molecular flexibility index (Phi) is 3.79. The molecule has 3 heterocycles. The van der Waals surface area contributed by atoms with Crippen LogP contribution in [0.1, 0.15) is 62.4 Å². The van der Waals surface area contributed by atoms with Crippen molar-refractivity contribution >= 4 is 34.2 Å². The molecule has 1 amide bonds. The number of fused-ring (bicyclic) bond motifs is 3. The van der Waals surface area contributed by atoms with Crippen molar-refractivity contribution in [2.24, 2.45) is 0 Å². The smallest absolute Gasteiger partial charge is 0.238 e. The summed E-state index contributed by atoms with van der Waals surface area (Å²) in [6, 6.07) is 8.40. The molecule has 1 spiro atoms. The van der Waals surface area contributed by atoms with Crippen molar-refractivity contribution in [2.75, 3.05) is 4.90 Å². The van der Waals surface area contributed by atoms with E-state index in [0.29, 0.717) is 17.6 Å². The van der Waals surface area contributed by atoms with E-state index in [4.69, 9.17) is 16.6 Å². The summed E-state index contributed by atoms with van der Waals surface area (Å²) in [5.74, 6) is 1.16. The summed E-state index contributed by atoms with van der Waals surface area (Å²) in [5, 5.41) is 0.695. The molecule has 0 radical (unpaired) electrons. The number of nitrogens with zero attached hydrogens (tertiary/aromatic N) is 4. The standard InChI is InChI=1S/C23H23ClN4O/c24-15-6-7-19-18(12-15)26-21(28(19)16-4-2-1-3-5-16)14-27-20-13-25-11-8-17(20)23(9-10-23)22(27)29/h6-8,11-13,16H,1-5,9-10,14H2. The van der Waals surface area contributed by atoms with Crippen molar-refractivity contribution in [1.82, 2.24) is 14.5 Å². The Morgan fingerprint density at radius 2 is 1.97 bits per heavy atom. The van der Waals surface area contributed by atoms with E-state index < -0.39 is 0 Å². The average Bonchev–Trinajstić information content (AvgIpc) is 3.43. The highest BCUT2D eigenvalue weighted by Gasteiger charge is 2.59. The molecule has 2 aromatic heterocycles. The number of carbonyl (C=O) groups excluding carboxylic acids is 1. The second-order valence-corrected chi connectivity index (χ2v) is 9.13. The van der Waals surface area contributed by atoms with Crippen molar-refractivity contribution in [2.45, 2.75) is 62.9 Å². The summed E-state index contributed by atoms with van der Waals surface area (Å²) in [5.41, 5.74) is 3.83. The monoisotopic (exact) mass is 406 g/mol. The SMILES string of the molecule is O=C1N(Cc2nc3cc(Cl)ccc3n2C2CCCCC2)c2cnccc2C12CC2. The van der Waals surface area contributed by atoms with Crippen LogP contribution in [0.3, 0.4) is 0 Å². The number of amides is 1. The molecule has 2 fully saturated rings. The lowest BCUT2D eigenvalue weighted by Crippen LogP contribution is -2.33. The van der Waals surface area contributed by atoms with Crippen LogP contribution in [-0.4, -0.2) is 20.4 Å². The number of imidazole rings is 1. The predicted molar refractivity (Wildman–Crippen MR) is 113 cm³/mol. The van der Waals surface area contributed by atoms with Crippen molar-refractivity contribution in [3.8, 4) is 0 Å². The van der Waals surface area contributed by atoms with Gasteiger partial charge in [-0.1, -0.05) is 30.9 Å². The summed E-state index contributed by atoms with van der Waals surface area (Å²) in [7, 11) is 0. The second kappa shape index (κ2) is 6.30. The van der Waals surface area contributed by atoms with Gasteiger partial charge in [0.05, 0.1) is 34.9 Å². The molecule has 0 N–H and O–H groups in total. The Hall–Kier alpha value is -2.40. The Balaban J connectivity index is 1.46. The van der Waals surface area contributed by atoms with Crippen LogP contribution in [0.2, 0.25) is 5.02 Å². The summed E-state index contributed by atoms with van der Waals surface area (Å²) in [6.07, 6.45) is 11.6. The molecular formula is C23H23ClN4O. The van der Waals surface area contributed by atoms with E-state index in [1.807, 2.05) is 29.3 Å². The predicted octanol–water partition coefficient (Wildman–Crippen LogP) is 5.17. The van der Waals surface area contributed by atoms with Crippen LogP contribution < -0.4 is 4.90 Å². The Bertz CT molecular complexity index is 1130. The fourth-order valence-electron chi connectivity index (χ4n) is 5.38. The highest BCUT2D eigenvalue weighted by atomic mass is 35.5. The van der Waals surface area contributed by atoms with Crippen molar-refractivity contribution in [1.29, 1.82) is 0 Å². The quantitative estimate of drug-likeness (QED) is 0.603. The first-order valence-corrected chi connectivity index (χ1v) is 11.0. The van der Waals surface area contributed by atoms with Crippen LogP contribution in [-0.2, 0) is 16.8 Å². The molecule has 148 valence electrons. The summed E-state index contributed by atoms with van der Waals surface area (Å²) < 4.78 is 2.38. The summed E-state index contributed by atoms with van der Waals surface area (Å²) >= 11 is 6.25. The number of hydrogen-bond donors (Lipinski definition) is 0. The van der Waals surface area contributed by atoms with Gasteiger partial charge in [0, 0.05) is 17.3 Å². The van der Waals surface area contributed by atoms with Crippen molar-refractivity contribution in [3.05, 3.63) is 53.1 Å². The van der Waals surface area contributed by atoms with Crippen molar-refractivity contribution < 1.29 is 4.79 Å². The van der Waals surface area contributed by atoms with Gasteiger partial charge in [0.1, 0.15) is 5.82 Å². The van der Waals surface area contributed by atoms with Gasteiger partial charge in [0.2, 0.25) is 5.91 Å². The third-order valence-electron chi connectivity index (χ3n) is 6.97. The van der Waals surface area contributed by atoms with E-state index in [2.05, 4.69) is 15.6 Å². The maximum absolute atomic E-state index is 13.3. The first-order chi connectivity index (χ1) is 14.2. The molecule has 6 heteroatoms. The lowest BCUT2D eigenvalue weighted by Gasteiger charge is -2.27. The minimum Gasteiger partial charge on any atom is -0.323 e. The number of pyridine rings is 1. The second-order valence-electron chi connectivity index (χ2n) is 8.69. The Morgan fingerprint density at radius 3 is 2.76 bits per heavy atom. The minimum atomic E-state index is -0.302. The van der Waals surface area contributed by atoms with Crippen LogP contribution >= 0.6 is 11.6 Å². The van der Waals surface area contributed by atoms with Gasteiger partial charge >= 0.3 is 0 Å². The molecule has 0 saturated heterocycles. The lowest BCUT2D eigenvalue weighted by molar-refractivity contribution is -0.120. The van der Waals surface area contributed by atoms with Crippen LogP contribution in [0.25, 0.3) is 11.0 Å². The molecular weight excluding hydrogens is 384 g/mol. The number of halogens is 1. The zero-order chi connectivity index (χ0) is 19.6. The van der Waals surface area contributed by atoms with E-state index in [9.17, 15) is 4.79 Å². The fraction of sp³-hybridized carbons (Fsp3) is 0.435. The molecule has 6 rings (SSSR count). The number of aromatic nitrogens is 3. The van der Waals surface area contributed by atoms with Gasteiger partial charge in [-0.3, -0.25) is 9.78 Å². The van der Waals surface area contributed by atoms with Gasteiger partial charge in [-0.15, -0.1) is 0 Å². The minimum absolute atomic E-state index is 0.209. The molecule has 3 aliphatic rings. The first kappa shape index (κ1) is 17.5. The molecule has 3 aromatic rings. The third kappa shape index (κ3) is 2.56. The highest BCUT2D eigenvalue weighted by Crippen LogP contribution is 2.57. The summed E-state index contributed by atoms with van der Waals surface area (Å²) in [6.45, 7) is 0.488. The Morgan fingerprint density at radius 1 is 1.14 bits per heavy atom. The van der Waals surface area contributed by atoms with Crippen LogP contribution in [0, 0.1) is 0 Å². The molecule has 0 unspecified atom stereocenters. The van der Waals surface area contributed by atoms with Crippen LogP contribution in [0.5, 0.6) is 0 Å². The number of hydrogen-bond acceptors (Lipinski definition) is 3. The van der Waals surface area contributed by atoms with E-state index in [-0.39, 0.29) is 11.3 Å². The molecule has 1 aromatic carbocycles.